The van der Waals surface area contributed by atoms with Crippen LogP contribution in [-0.4, -0.2) is 17.2 Å². The summed E-state index contributed by atoms with van der Waals surface area (Å²) in [6.45, 7) is 0.931. The number of carbonyl (C=O) groups excluding carboxylic acids is 1. The molecule has 4 rings (SSSR count). The van der Waals surface area contributed by atoms with E-state index in [2.05, 4.69) is 15.8 Å². The van der Waals surface area contributed by atoms with Gasteiger partial charge in [-0.15, -0.1) is 0 Å². The number of hydrogen-bond donors (Lipinski definition) is 3. The van der Waals surface area contributed by atoms with Crippen molar-refractivity contribution in [3.8, 4) is 5.75 Å². The van der Waals surface area contributed by atoms with Crippen LogP contribution in [0, 0.1) is 0 Å². The fourth-order valence-corrected chi connectivity index (χ4v) is 3.86. The lowest BCUT2D eigenvalue weighted by molar-refractivity contribution is -0.137. The minimum absolute atomic E-state index is 0.0696. The first-order valence-corrected chi connectivity index (χ1v) is 11.3. The number of hydrogen-bond acceptors (Lipinski definition) is 4. The Morgan fingerprint density at radius 2 is 1.67 bits per heavy atom. The Balaban J connectivity index is 1.43. The average Bonchev–Trinajstić information content (AvgIpc) is 2.86. The second-order valence-corrected chi connectivity index (χ2v) is 8.43. The molecule has 9 heteroatoms. The van der Waals surface area contributed by atoms with E-state index >= 15 is 0 Å². The van der Waals surface area contributed by atoms with Crippen LogP contribution in [0.15, 0.2) is 84.0 Å². The fourth-order valence-electron chi connectivity index (χ4n) is 3.68. The van der Waals surface area contributed by atoms with E-state index in [4.69, 9.17) is 11.6 Å². The molecule has 0 radical (unpaired) electrons. The zero-order chi connectivity index (χ0) is 25.7. The molecule has 5 nitrogen and oxygen atoms in total. The summed E-state index contributed by atoms with van der Waals surface area (Å²) in [4.78, 5) is 12.3. The highest BCUT2D eigenvalue weighted by molar-refractivity contribution is 6.32. The largest absolute Gasteiger partial charge is 0.506 e. The Bertz CT molecular complexity index is 1420. The van der Waals surface area contributed by atoms with E-state index in [-0.39, 0.29) is 16.3 Å². The van der Waals surface area contributed by atoms with Crippen molar-refractivity contribution in [1.29, 1.82) is 0 Å². The first-order chi connectivity index (χ1) is 17.2. The van der Waals surface area contributed by atoms with E-state index in [1.807, 2.05) is 36.4 Å². The van der Waals surface area contributed by atoms with Crippen molar-refractivity contribution in [1.82, 2.24) is 10.7 Å². The van der Waals surface area contributed by atoms with Crippen molar-refractivity contribution < 1.29 is 23.1 Å². The molecule has 0 spiro atoms. The molecular formula is C27H21ClF3N3O2. The highest BCUT2D eigenvalue weighted by atomic mass is 35.5. The first kappa shape index (κ1) is 25.2. The second kappa shape index (κ2) is 10.8. The average molecular weight is 512 g/mol. The van der Waals surface area contributed by atoms with E-state index < -0.39 is 17.6 Å². The molecule has 0 aliphatic carbocycles. The molecule has 184 valence electrons. The minimum atomic E-state index is -4.35. The lowest BCUT2D eigenvalue weighted by Gasteiger charge is -2.11. The van der Waals surface area contributed by atoms with Crippen molar-refractivity contribution >= 4 is 34.5 Å². The normalized spacial score (nSPS) is 11.8. The summed E-state index contributed by atoms with van der Waals surface area (Å²) in [6.07, 6.45) is -2.81. The van der Waals surface area contributed by atoms with Gasteiger partial charge in [0.05, 0.1) is 16.8 Å². The Labute approximate surface area is 210 Å². The maximum atomic E-state index is 12.7. The molecular weight excluding hydrogens is 491 g/mol. The van der Waals surface area contributed by atoms with E-state index in [9.17, 15) is 23.1 Å². The quantitative estimate of drug-likeness (QED) is 0.202. The number of alkyl halides is 3. The van der Waals surface area contributed by atoms with Gasteiger partial charge in [0.25, 0.3) is 5.91 Å². The fraction of sp³-hybridized carbons (Fsp3) is 0.111. The van der Waals surface area contributed by atoms with Gasteiger partial charge < -0.3 is 10.4 Å². The van der Waals surface area contributed by atoms with Crippen LogP contribution in [0.5, 0.6) is 5.75 Å². The Morgan fingerprint density at radius 3 is 2.36 bits per heavy atom. The summed E-state index contributed by atoms with van der Waals surface area (Å²) in [5.74, 6) is -0.585. The van der Waals surface area contributed by atoms with Gasteiger partial charge >= 0.3 is 6.18 Å². The third-order valence-electron chi connectivity index (χ3n) is 5.55. The van der Waals surface area contributed by atoms with Gasteiger partial charge in [0.1, 0.15) is 5.75 Å². The lowest BCUT2D eigenvalue weighted by atomic mass is 10.00. The molecule has 0 aromatic heterocycles. The van der Waals surface area contributed by atoms with Crippen molar-refractivity contribution in [3.63, 3.8) is 0 Å². The van der Waals surface area contributed by atoms with E-state index in [0.717, 1.165) is 39.6 Å². The van der Waals surface area contributed by atoms with Crippen molar-refractivity contribution in [2.24, 2.45) is 5.10 Å². The second-order valence-electron chi connectivity index (χ2n) is 8.02. The molecule has 0 aliphatic rings. The molecule has 0 heterocycles. The number of amides is 1. The van der Waals surface area contributed by atoms with Gasteiger partial charge in [-0.25, -0.2) is 5.43 Å². The van der Waals surface area contributed by atoms with Crippen molar-refractivity contribution in [3.05, 3.63) is 112 Å². The van der Waals surface area contributed by atoms with Crippen LogP contribution >= 0.6 is 11.6 Å². The molecule has 0 saturated carbocycles. The zero-order valence-corrected chi connectivity index (χ0v) is 19.6. The number of rotatable bonds is 7. The van der Waals surface area contributed by atoms with Crippen LogP contribution < -0.4 is 10.7 Å². The molecule has 0 bridgehead atoms. The number of phenols is 1. The minimum Gasteiger partial charge on any atom is -0.506 e. The van der Waals surface area contributed by atoms with Crippen molar-refractivity contribution in [2.45, 2.75) is 19.3 Å². The Kier molecular flexibility index (Phi) is 7.57. The van der Waals surface area contributed by atoms with Gasteiger partial charge in [-0.1, -0.05) is 60.1 Å². The van der Waals surface area contributed by atoms with E-state index in [0.29, 0.717) is 13.1 Å². The van der Waals surface area contributed by atoms with Gasteiger partial charge in [0, 0.05) is 24.2 Å². The number of carbonyl (C=O) groups is 1. The molecule has 36 heavy (non-hydrogen) atoms. The van der Waals surface area contributed by atoms with Gasteiger partial charge in [0.2, 0.25) is 0 Å². The van der Waals surface area contributed by atoms with Gasteiger partial charge in [-0.3, -0.25) is 4.79 Å². The molecule has 1 amide bonds. The molecule has 3 N–H and O–H groups in total. The Hall–Kier alpha value is -3.88. The summed E-state index contributed by atoms with van der Waals surface area (Å²) in [5, 5.41) is 18.8. The van der Waals surface area contributed by atoms with Crippen LogP contribution in [0.1, 0.15) is 32.6 Å². The number of aromatic hydroxyl groups is 1. The SMILES string of the molecule is O=C(N/N=C/c1ccc(CNCc2ccc(C(F)(F)F)cc2)c2ccccc12)c1ccc(O)c(Cl)c1. The molecule has 0 aliphatic heterocycles. The third kappa shape index (κ3) is 6.02. The standard InChI is InChI=1S/C27H21ClF3N3O2/c28-24-13-18(9-12-25(24)35)26(36)34-33-16-20-8-7-19(22-3-1-2-4-23(20)22)15-32-14-17-5-10-21(11-6-17)27(29,30)31/h1-13,16,32,35H,14-15H2,(H,34,36)/b33-16+. The van der Waals surface area contributed by atoms with Crippen LogP contribution in [0.2, 0.25) is 5.02 Å². The maximum Gasteiger partial charge on any atom is 0.416 e. The van der Waals surface area contributed by atoms with Gasteiger partial charge in [0.15, 0.2) is 0 Å². The van der Waals surface area contributed by atoms with Crippen LogP contribution in [0.3, 0.4) is 0 Å². The third-order valence-corrected chi connectivity index (χ3v) is 5.86. The van der Waals surface area contributed by atoms with E-state index in [1.165, 1.54) is 30.3 Å². The first-order valence-electron chi connectivity index (χ1n) is 10.9. The smallest absolute Gasteiger partial charge is 0.416 e. The summed E-state index contributed by atoms with van der Waals surface area (Å²) in [6, 6.07) is 20.8. The summed E-state index contributed by atoms with van der Waals surface area (Å²) in [7, 11) is 0. The Morgan fingerprint density at radius 1 is 0.944 bits per heavy atom. The van der Waals surface area contributed by atoms with Gasteiger partial charge in [-0.2, -0.15) is 18.3 Å². The number of halogens is 4. The predicted octanol–water partition coefficient (Wildman–Crippen LogP) is 6.27. The molecule has 4 aromatic carbocycles. The molecule has 0 fully saturated rings. The zero-order valence-electron chi connectivity index (χ0n) is 18.8. The van der Waals surface area contributed by atoms with Crippen LogP contribution in [0.25, 0.3) is 10.8 Å². The number of nitrogens with one attached hydrogen (secondary N) is 2. The number of nitrogens with zero attached hydrogens (tertiary/aromatic N) is 1. The highest BCUT2D eigenvalue weighted by Crippen LogP contribution is 2.29. The maximum absolute atomic E-state index is 12.7. The van der Waals surface area contributed by atoms with Crippen molar-refractivity contribution in [2.75, 3.05) is 0 Å². The number of fused-ring (bicyclic) bond motifs is 1. The number of benzene rings is 4. The van der Waals surface area contributed by atoms with Crippen LogP contribution in [-0.2, 0) is 19.3 Å². The summed E-state index contributed by atoms with van der Waals surface area (Å²) in [5.41, 5.74) is 4.59. The van der Waals surface area contributed by atoms with E-state index in [1.54, 1.807) is 6.21 Å². The summed E-state index contributed by atoms with van der Waals surface area (Å²) >= 11 is 5.85. The monoisotopic (exact) mass is 511 g/mol. The molecule has 0 unspecified atom stereocenters. The molecule has 4 aromatic rings. The topological polar surface area (TPSA) is 73.7 Å². The van der Waals surface area contributed by atoms with Crippen LogP contribution in [0.4, 0.5) is 13.2 Å². The highest BCUT2D eigenvalue weighted by Gasteiger charge is 2.29. The molecule has 0 saturated heterocycles. The predicted molar refractivity (Wildman–Crippen MR) is 134 cm³/mol. The number of hydrazone groups is 1. The molecule has 0 atom stereocenters. The lowest BCUT2D eigenvalue weighted by Crippen LogP contribution is -2.17. The summed E-state index contributed by atoms with van der Waals surface area (Å²) < 4.78 is 38.2. The number of phenolic OH excluding ortho intramolecular Hbond substituents is 1. The van der Waals surface area contributed by atoms with Gasteiger partial charge in [-0.05, 0) is 52.2 Å².